The van der Waals surface area contributed by atoms with E-state index >= 15 is 0 Å². The summed E-state index contributed by atoms with van der Waals surface area (Å²) in [6, 6.07) is 10.6. The number of thioether (sulfide) groups is 1. The van der Waals surface area contributed by atoms with Gasteiger partial charge in [-0.15, -0.1) is 11.8 Å². The lowest BCUT2D eigenvalue weighted by atomic mass is 10.1. The Morgan fingerprint density at radius 3 is 3.00 bits per heavy atom. The van der Waals surface area contributed by atoms with Gasteiger partial charge >= 0.3 is 0 Å². The van der Waals surface area contributed by atoms with E-state index in [0.717, 1.165) is 11.3 Å². The SMILES string of the molecule is CC1(C)CSC(c2ccc3ncccc3c2)N1. The number of benzene rings is 1. The largest absolute Gasteiger partial charge is 0.296 e. The predicted molar refractivity (Wildman–Crippen MR) is 74.2 cm³/mol. The van der Waals surface area contributed by atoms with E-state index in [0.29, 0.717) is 5.37 Å². The van der Waals surface area contributed by atoms with Gasteiger partial charge in [-0.05, 0) is 37.6 Å². The Balaban J connectivity index is 1.96. The zero-order chi connectivity index (χ0) is 11.9. The molecule has 1 atom stereocenters. The van der Waals surface area contributed by atoms with Crippen molar-refractivity contribution < 1.29 is 0 Å². The van der Waals surface area contributed by atoms with Gasteiger partial charge in [0.2, 0.25) is 0 Å². The van der Waals surface area contributed by atoms with Crippen molar-refractivity contribution in [3.8, 4) is 0 Å². The summed E-state index contributed by atoms with van der Waals surface area (Å²) >= 11 is 1.98. The highest BCUT2D eigenvalue weighted by molar-refractivity contribution is 7.99. The Hall–Kier alpha value is -1.06. The lowest BCUT2D eigenvalue weighted by Gasteiger charge is -2.19. The monoisotopic (exact) mass is 244 g/mol. The molecule has 1 fully saturated rings. The van der Waals surface area contributed by atoms with Gasteiger partial charge < -0.3 is 0 Å². The quantitative estimate of drug-likeness (QED) is 0.832. The molecule has 1 aliphatic heterocycles. The van der Waals surface area contributed by atoms with Crippen LogP contribution in [0.1, 0.15) is 24.8 Å². The fourth-order valence-corrected chi connectivity index (χ4v) is 3.57. The van der Waals surface area contributed by atoms with Gasteiger partial charge in [0.1, 0.15) is 0 Å². The smallest absolute Gasteiger partial charge is 0.0794 e. The minimum Gasteiger partial charge on any atom is -0.296 e. The summed E-state index contributed by atoms with van der Waals surface area (Å²) < 4.78 is 0. The van der Waals surface area contributed by atoms with Crippen molar-refractivity contribution in [1.29, 1.82) is 0 Å². The van der Waals surface area contributed by atoms with Gasteiger partial charge in [-0.2, -0.15) is 0 Å². The van der Waals surface area contributed by atoms with Gasteiger partial charge in [0, 0.05) is 22.9 Å². The first-order valence-corrected chi connectivity index (χ1v) is 6.93. The third-order valence-electron chi connectivity index (χ3n) is 3.06. The number of rotatable bonds is 1. The summed E-state index contributed by atoms with van der Waals surface area (Å²) in [6.07, 6.45) is 1.84. The molecule has 3 rings (SSSR count). The van der Waals surface area contributed by atoms with Crippen LogP contribution in [0.25, 0.3) is 10.9 Å². The molecule has 88 valence electrons. The van der Waals surface area contributed by atoms with Crippen molar-refractivity contribution >= 4 is 22.7 Å². The third kappa shape index (κ3) is 2.17. The molecular formula is C14H16N2S. The van der Waals surface area contributed by atoms with Crippen LogP contribution in [0.3, 0.4) is 0 Å². The van der Waals surface area contributed by atoms with Crippen molar-refractivity contribution in [1.82, 2.24) is 10.3 Å². The first kappa shape index (κ1) is 11.1. The molecule has 1 N–H and O–H groups in total. The summed E-state index contributed by atoms with van der Waals surface area (Å²) in [4.78, 5) is 4.35. The van der Waals surface area contributed by atoms with Crippen LogP contribution < -0.4 is 5.32 Å². The summed E-state index contributed by atoms with van der Waals surface area (Å²) in [7, 11) is 0. The minimum absolute atomic E-state index is 0.235. The lowest BCUT2D eigenvalue weighted by Crippen LogP contribution is -2.35. The van der Waals surface area contributed by atoms with Crippen molar-refractivity contribution in [2.24, 2.45) is 0 Å². The van der Waals surface area contributed by atoms with Crippen LogP contribution in [0, 0.1) is 0 Å². The van der Waals surface area contributed by atoms with E-state index in [-0.39, 0.29) is 5.54 Å². The van der Waals surface area contributed by atoms with Gasteiger partial charge in [0.25, 0.3) is 0 Å². The molecule has 2 aromatic rings. The van der Waals surface area contributed by atoms with E-state index in [9.17, 15) is 0 Å². The summed E-state index contributed by atoms with van der Waals surface area (Å²) in [5, 5.41) is 5.28. The van der Waals surface area contributed by atoms with Crippen molar-refractivity contribution in [2.45, 2.75) is 24.8 Å². The summed E-state index contributed by atoms with van der Waals surface area (Å²) in [5.74, 6) is 1.16. The number of fused-ring (bicyclic) bond motifs is 1. The van der Waals surface area contributed by atoms with Gasteiger partial charge in [0.05, 0.1) is 10.9 Å². The standard InChI is InChI=1S/C14H16N2S/c1-14(2)9-17-13(16-14)11-5-6-12-10(8-11)4-3-7-15-12/h3-8,13,16H,9H2,1-2H3. The highest BCUT2D eigenvalue weighted by Gasteiger charge is 2.31. The number of hydrogen-bond acceptors (Lipinski definition) is 3. The van der Waals surface area contributed by atoms with Gasteiger partial charge in [-0.25, -0.2) is 0 Å². The van der Waals surface area contributed by atoms with Crippen molar-refractivity contribution in [3.63, 3.8) is 0 Å². The van der Waals surface area contributed by atoms with Crippen LogP contribution in [0.5, 0.6) is 0 Å². The molecule has 0 saturated carbocycles. The predicted octanol–water partition coefficient (Wildman–Crippen LogP) is 3.35. The highest BCUT2D eigenvalue weighted by Crippen LogP contribution is 2.37. The van der Waals surface area contributed by atoms with Crippen LogP contribution in [-0.2, 0) is 0 Å². The van der Waals surface area contributed by atoms with E-state index in [2.05, 4.69) is 48.4 Å². The maximum absolute atomic E-state index is 4.35. The second kappa shape index (κ2) is 4.00. The molecule has 1 saturated heterocycles. The molecule has 2 nitrogen and oxygen atoms in total. The molecule has 17 heavy (non-hydrogen) atoms. The molecule has 0 aliphatic carbocycles. The molecule has 3 heteroatoms. The Morgan fingerprint density at radius 2 is 2.24 bits per heavy atom. The Bertz CT molecular complexity index is 551. The first-order chi connectivity index (χ1) is 8.14. The van der Waals surface area contributed by atoms with Crippen molar-refractivity contribution in [2.75, 3.05) is 5.75 Å². The fraction of sp³-hybridized carbons (Fsp3) is 0.357. The number of hydrogen-bond donors (Lipinski definition) is 1. The second-order valence-electron chi connectivity index (χ2n) is 5.17. The van der Waals surface area contributed by atoms with Crippen LogP contribution in [-0.4, -0.2) is 16.3 Å². The van der Waals surface area contributed by atoms with Crippen LogP contribution >= 0.6 is 11.8 Å². The third-order valence-corrected chi connectivity index (χ3v) is 4.67. The number of aromatic nitrogens is 1. The van der Waals surface area contributed by atoms with Gasteiger partial charge in [0.15, 0.2) is 0 Å². The van der Waals surface area contributed by atoms with Crippen molar-refractivity contribution in [3.05, 3.63) is 42.1 Å². The number of nitrogens with zero attached hydrogens (tertiary/aromatic N) is 1. The van der Waals surface area contributed by atoms with E-state index in [1.807, 2.05) is 24.0 Å². The van der Waals surface area contributed by atoms with E-state index in [1.165, 1.54) is 10.9 Å². The molecule has 1 aromatic heterocycles. The molecule has 1 unspecified atom stereocenters. The Labute approximate surface area is 106 Å². The van der Waals surface area contributed by atoms with Crippen LogP contribution in [0.2, 0.25) is 0 Å². The van der Waals surface area contributed by atoms with E-state index in [4.69, 9.17) is 0 Å². The summed E-state index contributed by atoms with van der Waals surface area (Å²) in [5.41, 5.74) is 2.65. The molecule has 0 bridgehead atoms. The molecule has 0 spiro atoms. The average Bonchev–Trinajstić information content (AvgIpc) is 2.69. The maximum Gasteiger partial charge on any atom is 0.0794 e. The normalized spacial score (nSPS) is 23.1. The number of pyridine rings is 1. The second-order valence-corrected chi connectivity index (χ2v) is 6.27. The van der Waals surface area contributed by atoms with Gasteiger partial charge in [-0.3, -0.25) is 10.3 Å². The van der Waals surface area contributed by atoms with E-state index < -0.39 is 0 Å². The Morgan fingerprint density at radius 1 is 1.35 bits per heavy atom. The van der Waals surface area contributed by atoms with Gasteiger partial charge in [-0.1, -0.05) is 12.1 Å². The lowest BCUT2D eigenvalue weighted by molar-refractivity contribution is 0.452. The fourth-order valence-electron chi connectivity index (χ4n) is 2.17. The van der Waals surface area contributed by atoms with E-state index in [1.54, 1.807) is 0 Å². The highest BCUT2D eigenvalue weighted by atomic mass is 32.2. The Kier molecular flexibility index (Phi) is 2.60. The van der Waals surface area contributed by atoms with Crippen LogP contribution in [0.4, 0.5) is 0 Å². The molecule has 0 radical (unpaired) electrons. The minimum atomic E-state index is 0.235. The topological polar surface area (TPSA) is 24.9 Å². The zero-order valence-electron chi connectivity index (χ0n) is 10.1. The molecule has 0 amide bonds. The maximum atomic E-state index is 4.35. The molecule has 2 heterocycles. The molecular weight excluding hydrogens is 228 g/mol. The summed E-state index contributed by atoms with van der Waals surface area (Å²) in [6.45, 7) is 4.51. The molecule has 1 aliphatic rings. The number of nitrogens with one attached hydrogen (secondary N) is 1. The average molecular weight is 244 g/mol. The molecule has 1 aromatic carbocycles. The zero-order valence-corrected chi connectivity index (χ0v) is 10.9. The van der Waals surface area contributed by atoms with Crippen LogP contribution in [0.15, 0.2) is 36.5 Å². The first-order valence-electron chi connectivity index (χ1n) is 5.88.